The molecule has 2 nitrogen and oxygen atoms in total. The Bertz CT molecular complexity index is 149. The molecule has 90 valence electrons. The van der Waals surface area contributed by atoms with Crippen LogP contribution in [0.15, 0.2) is 0 Å². The maximum atomic E-state index is 5.45. The fraction of sp³-hybridized carbons (Fsp3) is 1.00. The van der Waals surface area contributed by atoms with Gasteiger partial charge in [-0.2, -0.15) is 0 Å². The van der Waals surface area contributed by atoms with E-state index in [1.165, 1.54) is 25.7 Å². The van der Waals surface area contributed by atoms with Gasteiger partial charge in [-0.1, -0.05) is 26.7 Å². The molecule has 1 saturated carbocycles. The average molecular weight is 213 g/mol. The average Bonchev–Trinajstić information content (AvgIpc) is 2.23. The highest BCUT2D eigenvalue weighted by Crippen LogP contribution is 2.23. The van der Waals surface area contributed by atoms with Gasteiger partial charge in [0.15, 0.2) is 0 Å². The van der Waals surface area contributed by atoms with E-state index in [2.05, 4.69) is 19.2 Å². The monoisotopic (exact) mass is 213 g/mol. The van der Waals surface area contributed by atoms with Gasteiger partial charge in [-0.05, 0) is 38.1 Å². The maximum absolute atomic E-state index is 5.45. The van der Waals surface area contributed by atoms with Gasteiger partial charge in [0.2, 0.25) is 0 Å². The third-order valence-corrected chi connectivity index (χ3v) is 3.18. The number of rotatable bonds is 7. The first-order chi connectivity index (χ1) is 7.33. The summed E-state index contributed by atoms with van der Waals surface area (Å²) in [6.45, 7) is 7.49. The van der Waals surface area contributed by atoms with E-state index in [1.54, 1.807) is 0 Å². The molecule has 0 saturated heterocycles. The molecule has 1 rings (SSSR count). The Balaban J connectivity index is 1.90. The lowest BCUT2D eigenvalue weighted by atomic mass is 9.87. The lowest BCUT2D eigenvalue weighted by Crippen LogP contribution is -2.34. The number of ether oxygens (including phenoxy) is 1. The van der Waals surface area contributed by atoms with Crippen LogP contribution in [0, 0.1) is 5.92 Å². The van der Waals surface area contributed by atoms with Crippen molar-refractivity contribution in [2.24, 2.45) is 5.92 Å². The number of nitrogens with one attached hydrogen (secondary N) is 1. The zero-order chi connectivity index (χ0) is 10.9. The van der Waals surface area contributed by atoms with Crippen molar-refractivity contribution in [3.63, 3.8) is 0 Å². The molecule has 2 atom stereocenters. The van der Waals surface area contributed by atoms with E-state index in [4.69, 9.17) is 4.74 Å². The maximum Gasteiger partial charge on any atom is 0.0478 e. The van der Waals surface area contributed by atoms with Crippen LogP contribution in [0.4, 0.5) is 0 Å². The Labute approximate surface area is 94.8 Å². The van der Waals surface area contributed by atoms with Crippen LogP contribution < -0.4 is 5.32 Å². The van der Waals surface area contributed by atoms with Gasteiger partial charge in [0, 0.05) is 19.3 Å². The van der Waals surface area contributed by atoms with Crippen LogP contribution in [-0.4, -0.2) is 25.8 Å². The summed E-state index contributed by atoms with van der Waals surface area (Å²) >= 11 is 0. The van der Waals surface area contributed by atoms with E-state index in [0.717, 1.165) is 44.6 Å². The van der Waals surface area contributed by atoms with Crippen LogP contribution >= 0.6 is 0 Å². The summed E-state index contributed by atoms with van der Waals surface area (Å²) in [5, 5.41) is 3.65. The Kier molecular flexibility index (Phi) is 7.03. The second-order valence-electron chi connectivity index (χ2n) is 4.89. The molecule has 0 heterocycles. The summed E-state index contributed by atoms with van der Waals surface area (Å²) in [5.74, 6) is 0.924. The zero-order valence-corrected chi connectivity index (χ0v) is 10.4. The van der Waals surface area contributed by atoms with Crippen molar-refractivity contribution >= 4 is 0 Å². The summed E-state index contributed by atoms with van der Waals surface area (Å²) in [7, 11) is 0. The zero-order valence-electron chi connectivity index (χ0n) is 10.4. The first-order valence-corrected chi connectivity index (χ1v) is 6.64. The molecule has 15 heavy (non-hydrogen) atoms. The minimum atomic E-state index is 0.778. The summed E-state index contributed by atoms with van der Waals surface area (Å²) < 4.78 is 5.45. The standard InChI is InChI=1S/C13H27NO/c1-3-9-15-10-5-8-14-13-7-4-6-12(2)11-13/h12-14H,3-11H2,1-2H3. The highest BCUT2D eigenvalue weighted by molar-refractivity contribution is 4.75. The molecular weight excluding hydrogens is 186 g/mol. The number of hydrogen-bond acceptors (Lipinski definition) is 2. The van der Waals surface area contributed by atoms with Crippen LogP contribution in [-0.2, 0) is 4.74 Å². The second kappa shape index (κ2) is 8.12. The van der Waals surface area contributed by atoms with Crippen molar-refractivity contribution in [3.05, 3.63) is 0 Å². The van der Waals surface area contributed by atoms with Gasteiger partial charge in [-0.3, -0.25) is 0 Å². The third-order valence-electron chi connectivity index (χ3n) is 3.18. The minimum Gasteiger partial charge on any atom is -0.381 e. The van der Waals surface area contributed by atoms with Crippen molar-refractivity contribution < 1.29 is 4.74 Å². The van der Waals surface area contributed by atoms with E-state index >= 15 is 0 Å². The van der Waals surface area contributed by atoms with Gasteiger partial charge < -0.3 is 10.1 Å². The second-order valence-corrected chi connectivity index (χ2v) is 4.89. The SMILES string of the molecule is CCCOCCCNC1CCCC(C)C1. The Morgan fingerprint density at radius 1 is 1.27 bits per heavy atom. The van der Waals surface area contributed by atoms with Gasteiger partial charge in [0.05, 0.1) is 0 Å². The van der Waals surface area contributed by atoms with Gasteiger partial charge in [0.1, 0.15) is 0 Å². The van der Waals surface area contributed by atoms with Gasteiger partial charge in [0.25, 0.3) is 0 Å². The van der Waals surface area contributed by atoms with Crippen LogP contribution in [0.2, 0.25) is 0 Å². The van der Waals surface area contributed by atoms with Crippen molar-refractivity contribution in [1.29, 1.82) is 0 Å². The van der Waals surface area contributed by atoms with Gasteiger partial charge in [-0.25, -0.2) is 0 Å². The largest absolute Gasteiger partial charge is 0.381 e. The lowest BCUT2D eigenvalue weighted by molar-refractivity contribution is 0.131. The van der Waals surface area contributed by atoms with Crippen LogP contribution in [0.3, 0.4) is 0 Å². The third kappa shape index (κ3) is 6.16. The molecule has 0 bridgehead atoms. The Hall–Kier alpha value is -0.0800. The molecule has 1 fully saturated rings. The van der Waals surface area contributed by atoms with E-state index in [-0.39, 0.29) is 0 Å². The van der Waals surface area contributed by atoms with E-state index in [9.17, 15) is 0 Å². The Morgan fingerprint density at radius 3 is 2.87 bits per heavy atom. The lowest BCUT2D eigenvalue weighted by Gasteiger charge is -2.27. The van der Waals surface area contributed by atoms with Crippen molar-refractivity contribution in [1.82, 2.24) is 5.32 Å². The van der Waals surface area contributed by atoms with Crippen LogP contribution in [0.25, 0.3) is 0 Å². The topological polar surface area (TPSA) is 21.3 Å². The normalized spacial score (nSPS) is 26.8. The minimum absolute atomic E-state index is 0.778. The highest BCUT2D eigenvalue weighted by Gasteiger charge is 2.17. The molecule has 2 unspecified atom stereocenters. The fourth-order valence-corrected chi connectivity index (χ4v) is 2.35. The van der Waals surface area contributed by atoms with Gasteiger partial charge in [-0.15, -0.1) is 0 Å². The molecule has 0 spiro atoms. The van der Waals surface area contributed by atoms with Crippen molar-refractivity contribution in [2.45, 2.75) is 58.4 Å². The molecule has 1 aliphatic carbocycles. The molecule has 1 N–H and O–H groups in total. The molecule has 0 aromatic carbocycles. The summed E-state index contributed by atoms with van der Waals surface area (Å²) in [6.07, 6.45) is 7.87. The first kappa shape index (κ1) is 13.0. The predicted octanol–water partition coefficient (Wildman–Crippen LogP) is 2.97. The molecule has 0 aliphatic heterocycles. The van der Waals surface area contributed by atoms with E-state index < -0.39 is 0 Å². The van der Waals surface area contributed by atoms with Crippen LogP contribution in [0.5, 0.6) is 0 Å². The van der Waals surface area contributed by atoms with Crippen molar-refractivity contribution in [3.8, 4) is 0 Å². The molecular formula is C13H27NO. The highest BCUT2D eigenvalue weighted by atomic mass is 16.5. The first-order valence-electron chi connectivity index (χ1n) is 6.64. The molecule has 0 aromatic rings. The van der Waals surface area contributed by atoms with E-state index in [1.807, 2.05) is 0 Å². The quantitative estimate of drug-likeness (QED) is 0.656. The molecule has 2 heteroatoms. The molecule has 1 aliphatic rings. The summed E-state index contributed by atoms with van der Waals surface area (Å²) in [4.78, 5) is 0. The summed E-state index contributed by atoms with van der Waals surface area (Å²) in [6, 6.07) is 0.778. The van der Waals surface area contributed by atoms with Crippen molar-refractivity contribution in [2.75, 3.05) is 19.8 Å². The van der Waals surface area contributed by atoms with Gasteiger partial charge >= 0.3 is 0 Å². The predicted molar refractivity (Wildman–Crippen MR) is 65.1 cm³/mol. The smallest absolute Gasteiger partial charge is 0.0478 e. The molecule has 0 radical (unpaired) electrons. The Morgan fingerprint density at radius 2 is 2.13 bits per heavy atom. The van der Waals surface area contributed by atoms with Crippen LogP contribution in [0.1, 0.15) is 52.4 Å². The molecule has 0 amide bonds. The fourth-order valence-electron chi connectivity index (χ4n) is 2.35. The number of hydrogen-bond donors (Lipinski definition) is 1. The summed E-state index contributed by atoms with van der Waals surface area (Å²) in [5.41, 5.74) is 0. The van der Waals surface area contributed by atoms with E-state index in [0.29, 0.717) is 0 Å². The molecule has 0 aromatic heterocycles.